The Bertz CT molecular complexity index is 213. The standard InChI is InChI=1S/C12H24N2O2/c13-11-4-2-1-3-5-12(11)14-6-7-16-9-10(14)8-15/h10-12,15H,1-9,13H2. The van der Waals surface area contributed by atoms with E-state index in [9.17, 15) is 5.11 Å². The summed E-state index contributed by atoms with van der Waals surface area (Å²) in [6.45, 7) is 2.53. The number of aliphatic hydroxyl groups excluding tert-OH is 1. The van der Waals surface area contributed by atoms with E-state index in [0.29, 0.717) is 12.6 Å². The summed E-state index contributed by atoms with van der Waals surface area (Å²) in [6.07, 6.45) is 6.13. The molecular formula is C12H24N2O2. The summed E-state index contributed by atoms with van der Waals surface area (Å²) in [5.74, 6) is 0. The van der Waals surface area contributed by atoms with E-state index in [0.717, 1.165) is 19.6 Å². The van der Waals surface area contributed by atoms with Crippen molar-refractivity contribution in [2.75, 3.05) is 26.4 Å². The minimum absolute atomic E-state index is 0.155. The first kappa shape index (κ1) is 12.3. The number of morpholine rings is 1. The van der Waals surface area contributed by atoms with Gasteiger partial charge in [-0.15, -0.1) is 0 Å². The second-order valence-electron chi connectivity index (χ2n) is 5.02. The van der Waals surface area contributed by atoms with Crippen molar-refractivity contribution in [3.63, 3.8) is 0 Å². The molecule has 16 heavy (non-hydrogen) atoms. The monoisotopic (exact) mass is 228 g/mol. The van der Waals surface area contributed by atoms with Gasteiger partial charge in [0.15, 0.2) is 0 Å². The molecule has 1 saturated carbocycles. The van der Waals surface area contributed by atoms with Crippen LogP contribution in [0, 0.1) is 0 Å². The molecule has 2 aliphatic rings. The van der Waals surface area contributed by atoms with Crippen LogP contribution in [0.2, 0.25) is 0 Å². The van der Waals surface area contributed by atoms with Gasteiger partial charge in [0.2, 0.25) is 0 Å². The maximum atomic E-state index is 9.39. The van der Waals surface area contributed by atoms with Crippen LogP contribution in [0.15, 0.2) is 0 Å². The number of hydrogen-bond donors (Lipinski definition) is 2. The van der Waals surface area contributed by atoms with E-state index in [2.05, 4.69) is 4.90 Å². The number of aliphatic hydroxyl groups is 1. The van der Waals surface area contributed by atoms with Gasteiger partial charge in [-0.3, -0.25) is 4.90 Å². The quantitative estimate of drug-likeness (QED) is 0.669. The van der Waals surface area contributed by atoms with Crippen LogP contribution in [-0.4, -0.2) is 54.5 Å². The Kier molecular flexibility index (Phi) is 4.58. The molecule has 94 valence electrons. The lowest BCUT2D eigenvalue weighted by molar-refractivity contribution is -0.0527. The third-order valence-corrected chi connectivity index (χ3v) is 3.94. The summed E-state index contributed by atoms with van der Waals surface area (Å²) in [5, 5.41) is 9.39. The van der Waals surface area contributed by atoms with Crippen molar-refractivity contribution in [1.82, 2.24) is 4.90 Å². The van der Waals surface area contributed by atoms with E-state index in [4.69, 9.17) is 10.5 Å². The Morgan fingerprint density at radius 3 is 2.88 bits per heavy atom. The van der Waals surface area contributed by atoms with E-state index < -0.39 is 0 Å². The molecule has 0 radical (unpaired) electrons. The Hall–Kier alpha value is -0.160. The largest absolute Gasteiger partial charge is 0.395 e. The summed E-state index contributed by atoms with van der Waals surface area (Å²) in [7, 11) is 0. The molecule has 3 unspecified atom stereocenters. The van der Waals surface area contributed by atoms with Crippen LogP contribution in [0.25, 0.3) is 0 Å². The lowest BCUT2D eigenvalue weighted by atomic mass is 10.00. The highest BCUT2D eigenvalue weighted by Crippen LogP contribution is 2.24. The van der Waals surface area contributed by atoms with E-state index in [1.54, 1.807) is 0 Å². The van der Waals surface area contributed by atoms with Gasteiger partial charge in [0.05, 0.1) is 25.9 Å². The molecule has 0 aromatic heterocycles. The van der Waals surface area contributed by atoms with E-state index in [1.165, 1.54) is 25.7 Å². The average Bonchev–Trinajstić information content (AvgIpc) is 2.54. The predicted octanol–water partition coefficient (Wildman–Crippen LogP) is 0.339. The molecule has 0 aromatic carbocycles. The highest BCUT2D eigenvalue weighted by atomic mass is 16.5. The van der Waals surface area contributed by atoms with Gasteiger partial charge in [0, 0.05) is 18.6 Å². The van der Waals surface area contributed by atoms with Crippen molar-refractivity contribution in [2.24, 2.45) is 5.73 Å². The third-order valence-electron chi connectivity index (χ3n) is 3.94. The fraction of sp³-hybridized carbons (Fsp3) is 1.00. The van der Waals surface area contributed by atoms with Gasteiger partial charge in [0.1, 0.15) is 0 Å². The second-order valence-corrected chi connectivity index (χ2v) is 5.02. The van der Waals surface area contributed by atoms with Gasteiger partial charge in [-0.05, 0) is 12.8 Å². The van der Waals surface area contributed by atoms with Crippen molar-refractivity contribution in [1.29, 1.82) is 0 Å². The highest BCUT2D eigenvalue weighted by Gasteiger charge is 2.32. The van der Waals surface area contributed by atoms with Crippen molar-refractivity contribution in [2.45, 2.75) is 50.2 Å². The fourth-order valence-electron chi connectivity index (χ4n) is 2.99. The van der Waals surface area contributed by atoms with Crippen LogP contribution in [-0.2, 0) is 4.74 Å². The van der Waals surface area contributed by atoms with Gasteiger partial charge in [-0.1, -0.05) is 19.3 Å². The predicted molar refractivity (Wildman–Crippen MR) is 63.2 cm³/mol. The van der Waals surface area contributed by atoms with Gasteiger partial charge < -0.3 is 15.6 Å². The summed E-state index contributed by atoms with van der Waals surface area (Å²) >= 11 is 0. The SMILES string of the molecule is NC1CCCCCC1N1CCOCC1CO. The normalized spacial score (nSPS) is 38.2. The van der Waals surface area contributed by atoms with Crippen LogP contribution >= 0.6 is 0 Å². The molecule has 3 N–H and O–H groups in total. The number of nitrogens with zero attached hydrogens (tertiary/aromatic N) is 1. The molecule has 0 amide bonds. The number of rotatable bonds is 2. The Labute approximate surface area is 97.7 Å². The second kappa shape index (κ2) is 5.96. The van der Waals surface area contributed by atoms with Crippen LogP contribution < -0.4 is 5.73 Å². The topological polar surface area (TPSA) is 58.7 Å². The molecule has 1 aliphatic carbocycles. The molecule has 1 heterocycles. The first-order valence-corrected chi connectivity index (χ1v) is 6.53. The summed E-state index contributed by atoms with van der Waals surface area (Å²) in [4.78, 5) is 2.39. The van der Waals surface area contributed by atoms with E-state index in [1.807, 2.05) is 0 Å². The molecule has 0 spiro atoms. The summed E-state index contributed by atoms with van der Waals surface area (Å²) in [5.41, 5.74) is 6.26. The van der Waals surface area contributed by atoms with Crippen molar-refractivity contribution < 1.29 is 9.84 Å². The average molecular weight is 228 g/mol. The van der Waals surface area contributed by atoms with Crippen LogP contribution in [0.3, 0.4) is 0 Å². The van der Waals surface area contributed by atoms with Gasteiger partial charge in [-0.2, -0.15) is 0 Å². The maximum absolute atomic E-state index is 9.39. The third kappa shape index (κ3) is 2.74. The molecule has 2 fully saturated rings. The highest BCUT2D eigenvalue weighted by molar-refractivity contribution is 4.89. The molecule has 2 rings (SSSR count). The van der Waals surface area contributed by atoms with Crippen LogP contribution in [0.4, 0.5) is 0 Å². The number of ether oxygens (including phenoxy) is 1. The Balaban J connectivity index is 2.01. The van der Waals surface area contributed by atoms with E-state index in [-0.39, 0.29) is 18.7 Å². The first-order valence-electron chi connectivity index (χ1n) is 6.53. The van der Waals surface area contributed by atoms with E-state index >= 15 is 0 Å². The van der Waals surface area contributed by atoms with Crippen molar-refractivity contribution in [3.05, 3.63) is 0 Å². The molecular weight excluding hydrogens is 204 g/mol. The van der Waals surface area contributed by atoms with Gasteiger partial charge >= 0.3 is 0 Å². The lowest BCUT2D eigenvalue weighted by Crippen LogP contribution is -2.57. The molecule has 1 saturated heterocycles. The summed E-state index contributed by atoms with van der Waals surface area (Å²) < 4.78 is 5.42. The minimum atomic E-state index is 0.155. The summed E-state index contributed by atoms with van der Waals surface area (Å²) in [6, 6.07) is 0.876. The zero-order valence-corrected chi connectivity index (χ0v) is 9.98. The van der Waals surface area contributed by atoms with Gasteiger partial charge in [-0.25, -0.2) is 0 Å². The molecule has 0 bridgehead atoms. The lowest BCUT2D eigenvalue weighted by Gasteiger charge is -2.42. The molecule has 0 aromatic rings. The van der Waals surface area contributed by atoms with Crippen LogP contribution in [0.5, 0.6) is 0 Å². The van der Waals surface area contributed by atoms with Gasteiger partial charge in [0.25, 0.3) is 0 Å². The molecule has 4 nitrogen and oxygen atoms in total. The first-order chi connectivity index (χ1) is 7.83. The van der Waals surface area contributed by atoms with Crippen LogP contribution in [0.1, 0.15) is 32.1 Å². The van der Waals surface area contributed by atoms with Crippen molar-refractivity contribution in [3.8, 4) is 0 Å². The number of nitrogens with two attached hydrogens (primary N) is 1. The molecule has 1 aliphatic heterocycles. The molecule has 3 atom stereocenters. The fourth-order valence-corrected chi connectivity index (χ4v) is 2.99. The molecule has 4 heteroatoms. The maximum Gasteiger partial charge on any atom is 0.0644 e. The zero-order chi connectivity index (χ0) is 11.4. The Morgan fingerprint density at radius 2 is 2.06 bits per heavy atom. The van der Waals surface area contributed by atoms with Crippen molar-refractivity contribution >= 4 is 0 Å². The number of hydrogen-bond acceptors (Lipinski definition) is 4. The zero-order valence-electron chi connectivity index (χ0n) is 9.98. The smallest absolute Gasteiger partial charge is 0.0644 e. The Morgan fingerprint density at radius 1 is 1.25 bits per heavy atom. The minimum Gasteiger partial charge on any atom is -0.395 e.